The number of halogens is 1. The fourth-order valence-corrected chi connectivity index (χ4v) is 3.01. The van der Waals surface area contributed by atoms with Crippen molar-refractivity contribution in [1.29, 1.82) is 0 Å². The number of nitrogens with one attached hydrogen (secondary N) is 1. The molecule has 2 N–H and O–H groups in total. The van der Waals surface area contributed by atoms with Crippen LogP contribution in [0.1, 0.15) is 12.0 Å². The number of aromatic nitrogens is 3. The van der Waals surface area contributed by atoms with Gasteiger partial charge in [0.2, 0.25) is 5.13 Å². The minimum absolute atomic E-state index is 0.0544. The normalized spacial score (nSPS) is 10.8. The molecule has 0 atom stereocenters. The second-order valence-corrected chi connectivity index (χ2v) is 6.08. The lowest BCUT2D eigenvalue weighted by atomic mass is 10.2. The van der Waals surface area contributed by atoms with E-state index in [1.807, 2.05) is 0 Å². The molecule has 1 aromatic heterocycles. The van der Waals surface area contributed by atoms with Crippen molar-refractivity contribution in [2.45, 2.75) is 11.3 Å². The maximum atomic E-state index is 13.9. The molecule has 0 fully saturated rings. The number of aliphatic hydroxyl groups is 1. The highest BCUT2D eigenvalue weighted by Crippen LogP contribution is 2.19. The maximum Gasteiger partial charge on any atom is 0.266 e. The zero-order chi connectivity index (χ0) is 15.3. The molecule has 0 bridgehead atoms. The number of hydrogen-bond donors (Lipinski definition) is 2. The van der Waals surface area contributed by atoms with Crippen LogP contribution in [0.15, 0.2) is 23.1 Å². The molecule has 0 saturated heterocycles. The third-order valence-corrected chi connectivity index (χ3v) is 4.22. The Morgan fingerprint density at radius 3 is 2.86 bits per heavy atom. The van der Waals surface area contributed by atoms with E-state index >= 15 is 0 Å². The minimum atomic E-state index is -4.10. The van der Waals surface area contributed by atoms with Gasteiger partial charge in [0, 0.05) is 23.5 Å². The molecule has 1 heterocycles. The first-order valence-corrected chi connectivity index (χ1v) is 7.86. The molecular weight excluding hydrogens is 319 g/mol. The summed E-state index contributed by atoms with van der Waals surface area (Å²) in [7, 11) is -4.10. The summed E-state index contributed by atoms with van der Waals surface area (Å²) in [5.41, 5.74) is 0.317. The van der Waals surface area contributed by atoms with E-state index in [-0.39, 0.29) is 18.2 Å². The zero-order valence-electron chi connectivity index (χ0n) is 10.4. The van der Waals surface area contributed by atoms with Crippen molar-refractivity contribution in [2.24, 2.45) is 0 Å². The average molecular weight is 328 g/mol. The summed E-state index contributed by atoms with van der Waals surface area (Å²) < 4.78 is 43.3. The molecule has 2 rings (SSSR count). The lowest BCUT2D eigenvalue weighted by Gasteiger charge is -2.05. The smallest absolute Gasteiger partial charge is 0.266 e. The van der Waals surface area contributed by atoms with Crippen LogP contribution in [0.2, 0.25) is 0 Å². The van der Waals surface area contributed by atoms with Gasteiger partial charge < -0.3 is 5.11 Å². The summed E-state index contributed by atoms with van der Waals surface area (Å²) in [5.74, 6) is 4.30. The maximum absolute atomic E-state index is 13.9. The molecule has 0 unspecified atom stereocenters. The molecule has 21 heavy (non-hydrogen) atoms. The molecule has 0 aliphatic rings. The average Bonchev–Trinajstić information content (AvgIpc) is 2.91. The van der Waals surface area contributed by atoms with Gasteiger partial charge in [0.05, 0.1) is 6.61 Å². The topological polar surface area (TPSA) is 105 Å². The fourth-order valence-electron chi connectivity index (χ4n) is 1.36. The standard InChI is InChI=1S/C11H9FN4O3S2/c12-9-7-8(3-1-2-6-17)4-5-10(9)21(18,19)14-11-13-15-16-20-11/h4-5,7,17H,2,6H2,(H,13,14,16). The second-order valence-electron chi connectivity index (χ2n) is 3.69. The third kappa shape index (κ3) is 3.94. The molecule has 0 amide bonds. The summed E-state index contributed by atoms with van der Waals surface area (Å²) in [5, 5.41) is 15.2. The molecule has 0 spiro atoms. The van der Waals surface area contributed by atoms with E-state index in [9.17, 15) is 12.8 Å². The van der Waals surface area contributed by atoms with Crippen LogP contribution in [0, 0.1) is 17.7 Å². The number of benzene rings is 1. The van der Waals surface area contributed by atoms with Gasteiger partial charge in [0.15, 0.2) is 0 Å². The molecule has 7 nitrogen and oxygen atoms in total. The summed E-state index contributed by atoms with van der Waals surface area (Å²) >= 11 is 0.736. The van der Waals surface area contributed by atoms with Crippen molar-refractivity contribution >= 4 is 26.7 Å². The number of sulfonamides is 1. The number of anilines is 1. The van der Waals surface area contributed by atoms with Gasteiger partial charge in [-0.1, -0.05) is 21.4 Å². The van der Waals surface area contributed by atoms with Crippen molar-refractivity contribution in [3.8, 4) is 11.8 Å². The fraction of sp³-hybridized carbons (Fsp3) is 0.182. The first kappa shape index (κ1) is 15.3. The number of aliphatic hydroxyl groups excluding tert-OH is 1. The summed E-state index contributed by atoms with van der Waals surface area (Å²) in [4.78, 5) is -0.523. The molecule has 10 heteroatoms. The highest BCUT2D eigenvalue weighted by molar-refractivity contribution is 7.93. The SMILES string of the molecule is O=S(=O)(Nc1nnns1)c1ccc(C#CCCO)cc1F. The van der Waals surface area contributed by atoms with Gasteiger partial charge in [0.25, 0.3) is 10.0 Å². The molecular formula is C11H9FN4O3S2. The Morgan fingerprint density at radius 1 is 1.43 bits per heavy atom. The van der Waals surface area contributed by atoms with Crippen LogP contribution in [0.3, 0.4) is 0 Å². The highest BCUT2D eigenvalue weighted by Gasteiger charge is 2.20. The molecule has 0 radical (unpaired) electrons. The number of nitrogens with zero attached hydrogens (tertiary/aromatic N) is 3. The molecule has 2 aromatic rings. The van der Waals surface area contributed by atoms with Crippen molar-refractivity contribution in [3.05, 3.63) is 29.6 Å². The lowest BCUT2D eigenvalue weighted by molar-refractivity contribution is 0.305. The summed E-state index contributed by atoms with van der Waals surface area (Å²) in [6, 6.07) is 3.49. The quantitative estimate of drug-likeness (QED) is 0.797. The van der Waals surface area contributed by atoms with Crippen molar-refractivity contribution in [2.75, 3.05) is 11.3 Å². The molecule has 1 aromatic carbocycles. The minimum Gasteiger partial charge on any atom is -0.395 e. The Bertz CT molecular complexity index is 782. The van der Waals surface area contributed by atoms with Gasteiger partial charge in [-0.3, -0.25) is 4.72 Å². The van der Waals surface area contributed by atoms with Crippen LogP contribution in [0.5, 0.6) is 0 Å². The molecule has 0 aliphatic carbocycles. The van der Waals surface area contributed by atoms with Gasteiger partial charge in [-0.2, -0.15) is 0 Å². The Balaban J connectivity index is 2.26. The van der Waals surface area contributed by atoms with Crippen molar-refractivity contribution in [1.82, 2.24) is 14.8 Å². The van der Waals surface area contributed by atoms with E-state index in [1.54, 1.807) is 0 Å². The van der Waals surface area contributed by atoms with Crippen LogP contribution < -0.4 is 4.72 Å². The van der Waals surface area contributed by atoms with E-state index in [2.05, 4.69) is 31.4 Å². The van der Waals surface area contributed by atoms with Crippen LogP contribution in [-0.2, 0) is 10.0 Å². The van der Waals surface area contributed by atoms with Gasteiger partial charge in [-0.25, -0.2) is 12.8 Å². The Labute approximate surface area is 124 Å². The van der Waals surface area contributed by atoms with E-state index < -0.39 is 20.7 Å². The Hall–Kier alpha value is -2.09. The second kappa shape index (κ2) is 6.57. The third-order valence-electron chi connectivity index (χ3n) is 2.21. The molecule has 0 saturated carbocycles. The van der Waals surface area contributed by atoms with Gasteiger partial charge >= 0.3 is 0 Å². The summed E-state index contributed by atoms with van der Waals surface area (Å²) in [6.07, 6.45) is 0.257. The van der Waals surface area contributed by atoms with Crippen LogP contribution in [0.4, 0.5) is 9.52 Å². The van der Waals surface area contributed by atoms with E-state index in [0.717, 1.165) is 23.7 Å². The Morgan fingerprint density at radius 2 is 2.24 bits per heavy atom. The molecule has 110 valence electrons. The van der Waals surface area contributed by atoms with Crippen LogP contribution >= 0.6 is 11.5 Å². The van der Waals surface area contributed by atoms with Gasteiger partial charge in [0.1, 0.15) is 10.7 Å². The first-order valence-electron chi connectivity index (χ1n) is 5.60. The first-order chi connectivity index (χ1) is 10.0. The Kier molecular flexibility index (Phi) is 4.79. The van der Waals surface area contributed by atoms with Crippen LogP contribution in [0.25, 0.3) is 0 Å². The summed E-state index contributed by atoms with van der Waals surface area (Å²) in [6.45, 7) is -0.0955. The van der Waals surface area contributed by atoms with E-state index in [1.165, 1.54) is 6.07 Å². The van der Waals surface area contributed by atoms with Gasteiger partial charge in [-0.15, -0.1) is 0 Å². The van der Waals surface area contributed by atoms with Crippen LogP contribution in [-0.4, -0.2) is 34.9 Å². The zero-order valence-corrected chi connectivity index (χ0v) is 12.1. The largest absolute Gasteiger partial charge is 0.395 e. The predicted octanol–water partition coefficient (Wildman–Crippen LogP) is 0.607. The molecule has 0 aliphatic heterocycles. The van der Waals surface area contributed by atoms with Gasteiger partial charge in [-0.05, 0) is 23.4 Å². The lowest BCUT2D eigenvalue weighted by Crippen LogP contribution is -2.14. The van der Waals surface area contributed by atoms with Crippen molar-refractivity contribution < 1.29 is 17.9 Å². The van der Waals surface area contributed by atoms with Crippen molar-refractivity contribution in [3.63, 3.8) is 0 Å². The predicted molar refractivity (Wildman–Crippen MR) is 73.5 cm³/mol. The highest BCUT2D eigenvalue weighted by atomic mass is 32.2. The van der Waals surface area contributed by atoms with E-state index in [4.69, 9.17) is 5.11 Å². The number of hydrogen-bond acceptors (Lipinski definition) is 7. The van der Waals surface area contributed by atoms with E-state index in [0.29, 0.717) is 5.56 Å². The monoisotopic (exact) mass is 328 g/mol. The number of rotatable bonds is 4.